The summed E-state index contributed by atoms with van der Waals surface area (Å²) in [6.45, 7) is 1.04. The lowest BCUT2D eigenvalue weighted by Gasteiger charge is -2.10. The SMILES string of the molecule is Cc1ccc(C(N)=O)c(-c2ccc(C(=O)C[N+](=O)[O-])c(Cl)c2)c1. The number of nitrogens with two attached hydrogens (primary N) is 1. The molecule has 2 aromatic rings. The van der Waals surface area contributed by atoms with Gasteiger partial charge in [-0.15, -0.1) is 0 Å². The lowest BCUT2D eigenvalue weighted by Crippen LogP contribution is -2.14. The molecule has 0 saturated heterocycles. The van der Waals surface area contributed by atoms with Crippen molar-refractivity contribution in [3.8, 4) is 11.1 Å². The summed E-state index contributed by atoms with van der Waals surface area (Å²) in [4.78, 5) is 33.0. The lowest BCUT2D eigenvalue weighted by molar-refractivity contribution is -0.465. The second kappa shape index (κ2) is 6.58. The van der Waals surface area contributed by atoms with E-state index in [-0.39, 0.29) is 10.6 Å². The number of benzene rings is 2. The first-order valence-electron chi connectivity index (χ1n) is 6.65. The third kappa shape index (κ3) is 3.73. The Morgan fingerprint density at radius 1 is 1.17 bits per heavy atom. The Balaban J connectivity index is 2.49. The molecular weight excluding hydrogens is 320 g/mol. The molecule has 0 fully saturated rings. The Hall–Kier alpha value is -2.73. The van der Waals surface area contributed by atoms with Crippen LogP contribution in [0.3, 0.4) is 0 Å². The Morgan fingerprint density at radius 3 is 2.39 bits per heavy atom. The molecular formula is C16H13ClN2O4. The number of nitro groups is 1. The zero-order valence-electron chi connectivity index (χ0n) is 12.2. The van der Waals surface area contributed by atoms with Crippen LogP contribution in [0, 0.1) is 17.0 Å². The molecule has 0 unspecified atom stereocenters. The van der Waals surface area contributed by atoms with E-state index in [2.05, 4.69) is 0 Å². The van der Waals surface area contributed by atoms with Crippen LogP contribution in [0.4, 0.5) is 0 Å². The molecule has 0 saturated carbocycles. The number of Topliss-reactive ketones (excluding diaryl/α,β-unsaturated/α-hetero) is 1. The number of ketones is 1. The maximum atomic E-state index is 11.8. The van der Waals surface area contributed by atoms with Crippen molar-refractivity contribution >= 4 is 23.3 Å². The van der Waals surface area contributed by atoms with Gasteiger partial charge >= 0.3 is 0 Å². The second-order valence-electron chi connectivity index (χ2n) is 5.02. The number of hydrogen-bond acceptors (Lipinski definition) is 4. The zero-order valence-corrected chi connectivity index (χ0v) is 13.0. The van der Waals surface area contributed by atoms with Gasteiger partial charge in [-0.05, 0) is 36.2 Å². The minimum absolute atomic E-state index is 0.0698. The smallest absolute Gasteiger partial charge is 0.265 e. The molecule has 0 atom stereocenters. The van der Waals surface area contributed by atoms with Crippen LogP contribution >= 0.6 is 11.6 Å². The van der Waals surface area contributed by atoms with Crippen LogP contribution in [0.1, 0.15) is 26.3 Å². The Kier molecular flexibility index (Phi) is 4.76. The average Bonchev–Trinajstić information content (AvgIpc) is 2.45. The van der Waals surface area contributed by atoms with E-state index in [4.69, 9.17) is 17.3 Å². The third-order valence-electron chi connectivity index (χ3n) is 3.29. The normalized spacial score (nSPS) is 10.3. The first-order chi connectivity index (χ1) is 10.8. The molecule has 6 nitrogen and oxygen atoms in total. The fourth-order valence-electron chi connectivity index (χ4n) is 2.22. The molecule has 0 heterocycles. The summed E-state index contributed by atoms with van der Waals surface area (Å²) in [5.41, 5.74) is 7.89. The maximum Gasteiger partial charge on any atom is 0.265 e. The quantitative estimate of drug-likeness (QED) is 0.516. The monoisotopic (exact) mass is 332 g/mol. The van der Waals surface area contributed by atoms with Gasteiger partial charge in [0.25, 0.3) is 6.54 Å². The minimum Gasteiger partial charge on any atom is -0.366 e. The van der Waals surface area contributed by atoms with E-state index in [0.717, 1.165) is 5.56 Å². The number of carbonyl (C=O) groups is 2. The fourth-order valence-corrected chi connectivity index (χ4v) is 2.51. The van der Waals surface area contributed by atoms with Crippen LogP contribution in [0.25, 0.3) is 11.1 Å². The molecule has 2 rings (SSSR count). The Morgan fingerprint density at radius 2 is 1.83 bits per heavy atom. The molecule has 0 spiro atoms. The van der Waals surface area contributed by atoms with Gasteiger partial charge in [0, 0.05) is 16.1 Å². The highest BCUT2D eigenvalue weighted by atomic mass is 35.5. The number of aryl methyl sites for hydroxylation is 1. The lowest BCUT2D eigenvalue weighted by atomic mass is 9.96. The third-order valence-corrected chi connectivity index (χ3v) is 3.61. The van der Waals surface area contributed by atoms with Crippen molar-refractivity contribution in [2.75, 3.05) is 6.54 Å². The van der Waals surface area contributed by atoms with Crippen molar-refractivity contribution in [2.24, 2.45) is 5.73 Å². The molecule has 7 heteroatoms. The molecule has 2 N–H and O–H groups in total. The Bertz CT molecular complexity index is 818. The van der Waals surface area contributed by atoms with Crippen molar-refractivity contribution in [3.63, 3.8) is 0 Å². The van der Waals surface area contributed by atoms with E-state index in [1.165, 1.54) is 12.1 Å². The van der Waals surface area contributed by atoms with Crippen molar-refractivity contribution in [2.45, 2.75) is 6.92 Å². The summed E-state index contributed by atoms with van der Waals surface area (Å²) in [5.74, 6) is -1.25. The van der Waals surface area contributed by atoms with E-state index in [1.807, 2.05) is 6.92 Å². The maximum absolute atomic E-state index is 11.8. The van der Waals surface area contributed by atoms with E-state index in [9.17, 15) is 19.7 Å². The van der Waals surface area contributed by atoms with Gasteiger partial charge in [-0.3, -0.25) is 19.7 Å². The van der Waals surface area contributed by atoms with Gasteiger partial charge in [0.2, 0.25) is 11.7 Å². The average molecular weight is 333 g/mol. The number of primary amides is 1. The van der Waals surface area contributed by atoms with Crippen molar-refractivity contribution in [3.05, 3.63) is 68.2 Å². The summed E-state index contributed by atoms with van der Waals surface area (Å²) in [7, 11) is 0. The predicted molar refractivity (Wildman–Crippen MR) is 86.3 cm³/mol. The largest absolute Gasteiger partial charge is 0.366 e. The number of hydrogen-bond donors (Lipinski definition) is 1. The summed E-state index contributed by atoms with van der Waals surface area (Å²) < 4.78 is 0. The van der Waals surface area contributed by atoms with Crippen LogP contribution < -0.4 is 5.73 Å². The molecule has 0 aliphatic heterocycles. The van der Waals surface area contributed by atoms with E-state index in [0.29, 0.717) is 16.7 Å². The van der Waals surface area contributed by atoms with Gasteiger partial charge < -0.3 is 5.73 Å². The number of amides is 1. The van der Waals surface area contributed by atoms with Gasteiger partial charge in [0.1, 0.15) is 0 Å². The van der Waals surface area contributed by atoms with Crippen molar-refractivity contribution < 1.29 is 14.5 Å². The summed E-state index contributed by atoms with van der Waals surface area (Å²) in [6, 6.07) is 9.66. The molecule has 0 aromatic heterocycles. The number of rotatable bonds is 5. The van der Waals surface area contributed by atoms with Gasteiger partial charge in [0.15, 0.2) is 0 Å². The van der Waals surface area contributed by atoms with Crippen LogP contribution in [0.5, 0.6) is 0 Å². The van der Waals surface area contributed by atoms with E-state index < -0.39 is 23.2 Å². The van der Waals surface area contributed by atoms with Crippen LogP contribution in [-0.4, -0.2) is 23.2 Å². The molecule has 0 bridgehead atoms. The van der Waals surface area contributed by atoms with Gasteiger partial charge in [-0.1, -0.05) is 35.4 Å². The number of nitrogens with zero attached hydrogens (tertiary/aromatic N) is 1. The van der Waals surface area contributed by atoms with Crippen LogP contribution in [0.2, 0.25) is 5.02 Å². The Labute approximate surface area is 137 Å². The first kappa shape index (κ1) is 16.6. The summed E-state index contributed by atoms with van der Waals surface area (Å²) >= 11 is 6.07. The fraction of sp³-hybridized carbons (Fsp3) is 0.125. The van der Waals surface area contributed by atoms with Crippen molar-refractivity contribution in [1.82, 2.24) is 0 Å². The number of carbonyl (C=O) groups excluding carboxylic acids is 2. The standard InChI is InChI=1S/C16H13ClN2O4/c1-9-2-4-11(16(18)21)13(6-9)10-3-5-12(14(17)7-10)15(20)8-19(22)23/h2-7H,8H2,1H3,(H2,18,21). The molecule has 1 amide bonds. The molecule has 0 aliphatic carbocycles. The van der Waals surface area contributed by atoms with Gasteiger partial charge in [-0.2, -0.15) is 0 Å². The topological polar surface area (TPSA) is 103 Å². The highest BCUT2D eigenvalue weighted by Crippen LogP contribution is 2.29. The van der Waals surface area contributed by atoms with E-state index in [1.54, 1.807) is 24.3 Å². The molecule has 2 aromatic carbocycles. The number of halogens is 1. The van der Waals surface area contributed by atoms with Crippen molar-refractivity contribution in [1.29, 1.82) is 0 Å². The summed E-state index contributed by atoms with van der Waals surface area (Å²) in [5, 5.41) is 10.5. The molecule has 23 heavy (non-hydrogen) atoms. The highest BCUT2D eigenvalue weighted by Gasteiger charge is 2.18. The van der Waals surface area contributed by atoms with Crippen LogP contribution in [0.15, 0.2) is 36.4 Å². The predicted octanol–water partition coefficient (Wildman–Crippen LogP) is 2.87. The van der Waals surface area contributed by atoms with Crippen LogP contribution in [-0.2, 0) is 0 Å². The first-order valence-corrected chi connectivity index (χ1v) is 7.02. The zero-order chi connectivity index (χ0) is 17.1. The summed E-state index contributed by atoms with van der Waals surface area (Å²) in [6.07, 6.45) is 0. The van der Waals surface area contributed by atoms with Gasteiger partial charge in [-0.25, -0.2) is 0 Å². The minimum atomic E-state index is -0.823. The molecule has 0 radical (unpaired) electrons. The van der Waals surface area contributed by atoms with E-state index >= 15 is 0 Å². The highest BCUT2D eigenvalue weighted by molar-refractivity contribution is 6.34. The molecule has 118 valence electrons. The second-order valence-corrected chi connectivity index (χ2v) is 5.43. The van der Waals surface area contributed by atoms with Gasteiger partial charge in [0.05, 0.1) is 5.02 Å². The molecule has 0 aliphatic rings.